The van der Waals surface area contributed by atoms with E-state index < -0.39 is 0 Å². The number of nitrogens with two attached hydrogens (primary N) is 2. The van der Waals surface area contributed by atoms with E-state index in [2.05, 4.69) is 37.2 Å². The summed E-state index contributed by atoms with van der Waals surface area (Å²) in [4.78, 5) is 73.1. The predicted molar refractivity (Wildman–Crippen MR) is 256 cm³/mol. The maximum atomic E-state index is 13.2. The van der Waals surface area contributed by atoms with Gasteiger partial charge in [-0.1, -0.05) is 44.4 Å². The Morgan fingerprint density at radius 3 is 1.54 bits per heavy atom. The number of rotatable bonds is 32. The van der Waals surface area contributed by atoms with Crippen molar-refractivity contribution in [2.45, 2.75) is 176 Å². The fourth-order valence-electron chi connectivity index (χ4n) is 8.75. The highest BCUT2D eigenvalue weighted by Gasteiger charge is 2.41. The summed E-state index contributed by atoms with van der Waals surface area (Å²) in [6.07, 6.45) is 21.3. The van der Waals surface area contributed by atoms with Gasteiger partial charge in [0.2, 0.25) is 11.8 Å². The van der Waals surface area contributed by atoms with Gasteiger partial charge in [-0.3, -0.25) is 24.0 Å². The maximum Gasteiger partial charge on any atom is 0.224 e. The average molecular weight is 907 g/mol. The van der Waals surface area contributed by atoms with Gasteiger partial charge in [0.25, 0.3) is 0 Å². The van der Waals surface area contributed by atoms with Crippen LogP contribution in [0, 0.1) is 12.3 Å². The lowest BCUT2D eigenvalue weighted by molar-refractivity contribution is -0.120. The number of ether oxygens (including phenoxy) is 1. The number of carbonyl (C=O) groups excluding carboxylic acids is 5. The van der Waals surface area contributed by atoms with Gasteiger partial charge in [-0.2, -0.15) is 23.5 Å². The Hall–Kier alpha value is -4.07. The van der Waals surface area contributed by atoms with Gasteiger partial charge in [0, 0.05) is 90.5 Å². The molecule has 0 aromatic heterocycles. The molecular formula is C47H70N8O6S2. The third-order valence-electron chi connectivity index (χ3n) is 12.1. The van der Waals surface area contributed by atoms with Gasteiger partial charge < -0.3 is 37.5 Å². The van der Waals surface area contributed by atoms with Crippen LogP contribution in [0.5, 0.6) is 0 Å². The van der Waals surface area contributed by atoms with Crippen LogP contribution < -0.4 is 32.7 Å². The van der Waals surface area contributed by atoms with Crippen molar-refractivity contribution >= 4 is 76.0 Å². The molecule has 1 aromatic carbocycles. The van der Waals surface area contributed by atoms with Crippen LogP contribution in [-0.4, -0.2) is 100 Å². The van der Waals surface area contributed by atoms with Gasteiger partial charge in [-0.05, 0) is 76.0 Å². The molecule has 8 N–H and O–H groups in total. The van der Waals surface area contributed by atoms with Crippen LogP contribution in [-0.2, 0) is 23.9 Å². The van der Waals surface area contributed by atoms with Crippen molar-refractivity contribution in [3.8, 4) is 12.3 Å². The summed E-state index contributed by atoms with van der Waals surface area (Å²) in [5, 5.41) is 13.3. The first-order chi connectivity index (χ1) is 30.6. The van der Waals surface area contributed by atoms with E-state index in [1.54, 1.807) is 18.2 Å². The molecule has 4 aliphatic heterocycles. The third kappa shape index (κ3) is 17.8. The van der Waals surface area contributed by atoms with Gasteiger partial charge in [0.15, 0.2) is 17.7 Å². The lowest BCUT2D eigenvalue weighted by Gasteiger charge is -2.14. The molecule has 346 valence electrons. The topological polar surface area (TPSA) is 219 Å². The number of hydrogen-bond acceptors (Lipinski definition) is 14. The summed E-state index contributed by atoms with van der Waals surface area (Å²) in [5.41, 5.74) is 13.0. The number of carbonyl (C=O) groups is 5. The van der Waals surface area contributed by atoms with Crippen molar-refractivity contribution in [1.82, 2.24) is 10.6 Å². The van der Waals surface area contributed by atoms with Crippen LogP contribution >= 0.6 is 23.5 Å². The minimum atomic E-state index is -0.174. The number of amides is 2. The standard InChI is InChI=1S/C47H70N8O6S2/c1-2-25-61-26-15-20-39(58)32-27-33(50-42(59)23-9-5-3-7-16-35(56)18-11-13-21-40-44-37(30-62-40)52-46(48)54-44)29-34(28-32)51-43(60)24-10-6-4-8-17-36(57)19-12-14-22-41-45-38(31-63-41)53-47(49)55-45/h1,27-29,37-38,40-41,44-45H,3-26,30-31H2,(H,50,59)(H,51,60)(H3,48,52,54)(H3,49,53,55)/t37-,38-,40-,41-,44-,45-/m0/s1. The first kappa shape index (κ1) is 49.9. The second-order valence-corrected chi connectivity index (χ2v) is 19.9. The maximum absolute atomic E-state index is 13.2. The van der Waals surface area contributed by atoms with Gasteiger partial charge in [-0.25, -0.2) is 9.98 Å². The molecule has 4 aliphatic rings. The lowest BCUT2D eigenvalue weighted by Crippen LogP contribution is -2.38. The molecule has 0 aliphatic carbocycles. The van der Waals surface area contributed by atoms with Crippen LogP contribution in [0.3, 0.4) is 0 Å². The zero-order chi connectivity index (χ0) is 44.8. The van der Waals surface area contributed by atoms with Gasteiger partial charge in [0.1, 0.15) is 18.2 Å². The van der Waals surface area contributed by atoms with E-state index >= 15 is 0 Å². The van der Waals surface area contributed by atoms with Crippen LogP contribution in [0.15, 0.2) is 28.2 Å². The van der Waals surface area contributed by atoms with Crippen molar-refractivity contribution in [3.05, 3.63) is 23.8 Å². The Morgan fingerprint density at radius 2 is 1.08 bits per heavy atom. The second kappa shape index (κ2) is 27.3. The number of terminal acetylenes is 1. The Bertz CT molecular complexity index is 1700. The Morgan fingerprint density at radius 1 is 0.635 bits per heavy atom. The number of guanidine groups is 2. The molecule has 6 atom stereocenters. The van der Waals surface area contributed by atoms with Crippen LogP contribution in [0.1, 0.15) is 152 Å². The third-order valence-corrected chi connectivity index (χ3v) is 15.1. The lowest BCUT2D eigenvalue weighted by atomic mass is 10.0. The quantitative estimate of drug-likeness (QED) is 0.0254. The van der Waals surface area contributed by atoms with Gasteiger partial charge in [-0.15, -0.1) is 6.42 Å². The predicted octanol–water partition coefficient (Wildman–Crippen LogP) is 6.66. The van der Waals surface area contributed by atoms with E-state index in [9.17, 15) is 24.0 Å². The van der Waals surface area contributed by atoms with Crippen molar-refractivity contribution in [3.63, 3.8) is 0 Å². The molecule has 0 saturated carbocycles. The number of nitrogens with one attached hydrogen (secondary N) is 4. The molecule has 0 unspecified atom stereocenters. The van der Waals surface area contributed by atoms with Crippen molar-refractivity contribution in [2.24, 2.45) is 21.5 Å². The van der Waals surface area contributed by atoms with Gasteiger partial charge in [0.05, 0.1) is 24.2 Å². The van der Waals surface area contributed by atoms with Crippen molar-refractivity contribution in [1.29, 1.82) is 0 Å². The molecule has 2 amide bonds. The fourth-order valence-corrected chi connectivity index (χ4v) is 11.8. The molecule has 16 heteroatoms. The summed E-state index contributed by atoms with van der Waals surface area (Å²) in [6, 6.07) is 6.21. The molecular weight excluding hydrogens is 837 g/mol. The number of aliphatic imine (C=N–C) groups is 2. The smallest absolute Gasteiger partial charge is 0.224 e. The van der Waals surface area contributed by atoms with E-state index in [1.807, 2.05) is 23.5 Å². The molecule has 2 saturated heterocycles. The number of nitrogens with zero attached hydrogens (tertiary/aromatic N) is 2. The molecule has 0 radical (unpaired) electrons. The first-order valence-electron chi connectivity index (χ1n) is 23.3. The van der Waals surface area contributed by atoms with Crippen LogP contribution in [0.25, 0.3) is 0 Å². The molecule has 63 heavy (non-hydrogen) atoms. The molecule has 5 rings (SSSR count). The summed E-state index contributed by atoms with van der Waals surface area (Å²) < 4.78 is 5.31. The van der Waals surface area contributed by atoms with Crippen molar-refractivity contribution < 1.29 is 28.7 Å². The van der Waals surface area contributed by atoms with Crippen LogP contribution in [0.2, 0.25) is 0 Å². The molecule has 2 fully saturated rings. The summed E-state index contributed by atoms with van der Waals surface area (Å²) in [6.45, 7) is 0.538. The molecule has 4 heterocycles. The van der Waals surface area contributed by atoms with Crippen LogP contribution in [0.4, 0.5) is 11.4 Å². The number of unbranched alkanes of at least 4 members (excludes halogenated alkanes) is 8. The number of thioether (sulfide) groups is 2. The largest absolute Gasteiger partial charge is 0.370 e. The number of fused-ring (bicyclic) bond motifs is 2. The summed E-state index contributed by atoms with van der Waals surface area (Å²) >= 11 is 3.90. The summed E-state index contributed by atoms with van der Waals surface area (Å²) in [5.74, 6) is 5.70. The van der Waals surface area contributed by atoms with Crippen molar-refractivity contribution in [2.75, 3.05) is 35.4 Å². The fraction of sp³-hybridized carbons (Fsp3) is 0.681. The van der Waals surface area contributed by atoms with Gasteiger partial charge >= 0.3 is 0 Å². The summed E-state index contributed by atoms with van der Waals surface area (Å²) in [7, 11) is 0. The van der Waals surface area contributed by atoms with E-state index in [0.717, 1.165) is 88.6 Å². The Labute approximate surface area is 382 Å². The minimum absolute atomic E-state index is 0.129. The number of ketones is 3. The van der Waals surface area contributed by atoms with E-state index in [1.165, 1.54) is 0 Å². The monoisotopic (exact) mass is 906 g/mol. The number of hydrogen-bond donors (Lipinski definition) is 6. The minimum Gasteiger partial charge on any atom is -0.370 e. The Balaban J connectivity index is 0.936. The first-order valence-corrected chi connectivity index (χ1v) is 25.4. The number of benzene rings is 1. The second-order valence-electron chi connectivity index (χ2n) is 17.3. The highest BCUT2D eigenvalue weighted by molar-refractivity contribution is 8.00. The highest BCUT2D eigenvalue weighted by atomic mass is 32.2. The normalized spacial score (nSPS) is 22.0. The molecule has 14 nitrogen and oxygen atoms in total. The Kier molecular flexibility index (Phi) is 21.6. The zero-order valence-corrected chi connectivity index (χ0v) is 38.6. The number of Topliss-reactive ketones (excluding diaryl/α,β-unsaturated/α-hetero) is 3. The van der Waals surface area contributed by atoms with E-state index in [-0.39, 0.29) is 42.7 Å². The SMILES string of the molecule is C#CCOCCCC(=O)c1cc(NC(=O)CCCCCCC(=O)CCCC[C@@H]2SC[C@@H]3NC(N)=N[C@@H]32)cc(NC(=O)CCCCCCC(=O)CCCC[C@@H]2SC[C@@H]3NC(N)=N[C@@H]32)c1. The highest BCUT2D eigenvalue weighted by Crippen LogP contribution is 2.36. The van der Waals surface area contributed by atoms with E-state index in [4.69, 9.17) is 22.6 Å². The number of anilines is 2. The average Bonchev–Trinajstić information content (AvgIpc) is 4.02. The molecule has 0 spiro atoms. The zero-order valence-electron chi connectivity index (χ0n) is 37.0. The molecule has 1 aromatic rings. The molecule has 0 bridgehead atoms. The van der Waals surface area contributed by atoms with E-state index in [0.29, 0.717) is 127 Å².